The summed E-state index contributed by atoms with van der Waals surface area (Å²) < 4.78 is 63.2. The smallest absolute Gasteiger partial charge is 0.403 e. The predicted octanol–water partition coefficient (Wildman–Crippen LogP) is 2.61. The number of fused-ring (bicyclic) bond motifs is 3. The maximum Gasteiger partial charge on any atom is 0.403 e. The highest BCUT2D eigenvalue weighted by molar-refractivity contribution is 6.30. The SMILES string of the molecule is O=C(COc1ccc(Cl)c(F)c1)NC12CCC(NC(=O)COC3CCNC(C(F)(F)F)C3)(CC1)[C@@H](O)C2. The summed E-state index contributed by atoms with van der Waals surface area (Å²) in [6, 6.07) is 2.20. The van der Waals surface area contributed by atoms with Gasteiger partial charge in [0.2, 0.25) is 5.91 Å². The molecule has 0 spiro atoms. The van der Waals surface area contributed by atoms with Gasteiger partial charge in [0.15, 0.2) is 6.61 Å². The van der Waals surface area contributed by atoms with Crippen LogP contribution in [0.1, 0.15) is 44.9 Å². The first-order chi connectivity index (χ1) is 17.4. The Morgan fingerprint density at radius 1 is 1.14 bits per heavy atom. The van der Waals surface area contributed by atoms with Crippen LogP contribution in [0.25, 0.3) is 0 Å². The molecule has 0 aromatic heterocycles. The Bertz CT molecular complexity index is 1000. The van der Waals surface area contributed by atoms with Gasteiger partial charge in [-0.1, -0.05) is 11.6 Å². The maximum absolute atomic E-state index is 13.5. The predicted molar refractivity (Wildman–Crippen MR) is 125 cm³/mol. The fourth-order valence-corrected chi connectivity index (χ4v) is 5.62. The van der Waals surface area contributed by atoms with E-state index in [9.17, 15) is 32.3 Å². The fraction of sp³-hybridized carbons (Fsp3) is 0.667. The Balaban J connectivity index is 1.24. The summed E-state index contributed by atoms with van der Waals surface area (Å²) >= 11 is 5.64. The number of benzene rings is 1. The van der Waals surface area contributed by atoms with Crippen molar-refractivity contribution in [2.24, 2.45) is 0 Å². The molecule has 3 aliphatic carbocycles. The molecule has 206 valence electrons. The molecule has 2 bridgehead atoms. The average Bonchev–Trinajstić information content (AvgIpc) is 2.84. The van der Waals surface area contributed by atoms with Crippen LogP contribution in [0.3, 0.4) is 0 Å². The number of nitrogens with one attached hydrogen (secondary N) is 3. The lowest BCUT2D eigenvalue weighted by Crippen LogP contribution is -2.70. The summed E-state index contributed by atoms with van der Waals surface area (Å²) in [5.74, 6) is -1.42. The number of ether oxygens (including phenoxy) is 2. The van der Waals surface area contributed by atoms with Gasteiger partial charge in [-0.05, 0) is 63.6 Å². The van der Waals surface area contributed by atoms with Gasteiger partial charge in [-0.25, -0.2) is 4.39 Å². The van der Waals surface area contributed by atoms with E-state index >= 15 is 0 Å². The molecule has 4 fully saturated rings. The Kier molecular flexibility index (Phi) is 8.22. The molecule has 1 aromatic rings. The topological polar surface area (TPSA) is 109 Å². The first-order valence-electron chi connectivity index (χ1n) is 12.2. The summed E-state index contributed by atoms with van der Waals surface area (Å²) in [6.45, 7) is -0.590. The zero-order valence-corrected chi connectivity index (χ0v) is 20.8. The molecule has 1 saturated heterocycles. The second-order valence-corrected chi connectivity index (χ2v) is 10.5. The van der Waals surface area contributed by atoms with E-state index < -0.39 is 59.7 Å². The van der Waals surface area contributed by atoms with E-state index in [1.807, 2.05) is 0 Å². The quantitative estimate of drug-likeness (QED) is 0.370. The summed E-state index contributed by atoms with van der Waals surface area (Å²) in [7, 11) is 0. The second kappa shape index (κ2) is 10.9. The molecule has 1 heterocycles. The molecule has 5 rings (SSSR count). The minimum atomic E-state index is -4.38. The van der Waals surface area contributed by atoms with Gasteiger partial charge in [-0.15, -0.1) is 0 Å². The van der Waals surface area contributed by atoms with Crippen molar-refractivity contribution in [2.75, 3.05) is 19.8 Å². The van der Waals surface area contributed by atoms with Crippen molar-refractivity contribution in [3.8, 4) is 5.75 Å². The zero-order valence-electron chi connectivity index (χ0n) is 20.0. The van der Waals surface area contributed by atoms with Crippen molar-refractivity contribution in [3.63, 3.8) is 0 Å². The van der Waals surface area contributed by atoms with Crippen molar-refractivity contribution >= 4 is 23.4 Å². The number of hydrogen-bond acceptors (Lipinski definition) is 6. The number of aliphatic hydroxyl groups excluding tert-OH is 1. The van der Waals surface area contributed by atoms with Crippen molar-refractivity contribution in [2.45, 2.75) is 80.4 Å². The third-order valence-corrected chi connectivity index (χ3v) is 7.88. The molecule has 37 heavy (non-hydrogen) atoms. The van der Waals surface area contributed by atoms with Gasteiger partial charge in [0.1, 0.15) is 24.2 Å². The highest BCUT2D eigenvalue weighted by Gasteiger charge is 2.55. The van der Waals surface area contributed by atoms with Crippen LogP contribution in [-0.4, -0.2) is 72.2 Å². The van der Waals surface area contributed by atoms with Crippen molar-refractivity contribution in [1.29, 1.82) is 0 Å². The number of carbonyl (C=O) groups is 2. The molecule has 8 nitrogen and oxygen atoms in total. The number of rotatable bonds is 8. The van der Waals surface area contributed by atoms with Crippen LogP contribution < -0.4 is 20.7 Å². The molecule has 2 unspecified atom stereocenters. The van der Waals surface area contributed by atoms with Gasteiger partial charge >= 0.3 is 6.18 Å². The lowest BCUT2D eigenvalue weighted by Gasteiger charge is -2.56. The van der Waals surface area contributed by atoms with Gasteiger partial charge in [-0.2, -0.15) is 13.2 Å². The number of carbonyl (C=O) groups excluding carboxylic acids is 2. The lowest BCUT2D eigenvalue weighted by atomic mass is 9.60. The Morgan fingerprint density at radius 2 is 1.84 bits per heavy atom. The monoisotopic (exact) mass is 551 g/mol. The zero-order chi connectivity index (χ0) is 26.8. The third-order valence-electron chi connectivity index (χ3n) is 7.58. The van der Waals surface area contributed by atoms with Crippen LogP contribution in [0.5, 0.6) is 5.75 Å². The van der Waals surface area contributed by atoms with E-state index in [4.69, 9.17) is 21.1 Å². The van der Waals surface area contributed by atoms with Crippen molar-refractivity contribution in [1.82, 2.24) is 16.0 Å². The summed E-state index contributed by atoms with van der Waals surface area (Å²) in [6.07, 6.45) is -3.83. The highest BCUT2D eigenvalue weighted by atomic mass is 35.5. The van der Waals surface area contributed by atoms with Gasteiger partial charge < -0.3 is 30.5 Å². The van der Waals surface area contributed by atoms with E-state index in [1.54, 1.807) is 0 Å². The number of piperidine rings is 1. The standard InChI is InChI=1S/C24H30ClF4N3O5/c25-16-2-1-14(9-17(16)26)36-12-20(34)31-22-4-6-23(7-5-22,19(33)11-22)32-21(35)13-37-15-3-8-30-18(10-15)24(27,28)29/h1-2,9,15,18-19,30,33H,3-8,10-13H2,(H,31,34)(H,32,35)/t15?,18?,19-,22?,23?/m0/s1. The minimum Gasteiger partial charge on any atom is -0.484 e. The third kappa shape index (κ3) is 6.65. The second-order valence-electron chi connectivity index (χ2n) is 10.1. The van der Waals surface area contributed by atoms with Crippen LogP contribution in [-0.2, 0) is 14.3 Å². The van der Waals surface area contributed by atoms with Gasteiger partial charge in [0.05, 0.1) is 22.8 Å². The molecule has 4 aliphatic rings. The number of alkyl halides is 3. The first kappa shape index (κ1) is 27.9. The number of hydrogen-bond donors (Lipinski definition) is 4. The molecular weight excluding hydrogens is 522 g/mol. The highest BCUT2D eigenvalue weighted by Crippen LogP contribution is 2.47. The average molecular weight is 552 g/mol. The van der Waals surface area contributed by atoms with Gasteiger partial charge in [0.25, 0.3) is 5.91 Å². The molecule has 4 N–H and O–H groups in total. The molecule has 13 heteroatoms. The number of amides is 2. The molecular formula is C24H30ClF4N3O5. The molecule has 1 aromatic carbocycles. The van der Waals surface area contributed by atoms with E-state index in [1.165, 1.54) is 12.1 Å². The molecule has 0 radical (unpaired) electrons. The van der Waals surface area contributed by atoms with Crippen molar-refractivity contribution < 1.29 is 41.7 Å². The molecule has 2 amide bonds. The summed E-state index contributed by atoms with van der Waals surface area (Å²) in [5.41, 5.74) is -1.54. The van der Waals surface area contributed by atoms with Gasteiger partial charge in [-0.3, -0.25) is 9.59 Å². The normalized spacial score (nSPS) is 31.6. The minimum absolute atomic E-state index is 0.0578. The number of aliphatic hydroxyl groups is 1. The fourth-order valence-electron chi connectivity index (χ4n) is 5.50. The molecule has 3 saturated carbocycles. The van der Waals surface area contributed by atoms with Crippen LogP contribution in [0.15, 0.2) is 18.2 Å². The van der Waals surface area contributed by atoms with Crippen molar-refractivity contribution in [3.05, 3.63) is 29.0 Å². The van der Waals surface area contributed by atoms with Crippen LogP contribution in [0.2, 0.25) is 5.02 Å². The van der Waals surface area contributed by atoms with E-state index in [-0.39, 0.29) is 36.8 Å². The Morgan fingerprint density at radius 3 is 2.49 bits per heavy atom. The largest absolute Gasteiger partial charge is 0.484 e. The molecule has 1 aliphatic heterocycles. The Labute approximate surface area is 216 Å². The molecule has 3 atom stereocenters. The van der Waals surface area contributed by atoms with Crippen LogP contribution >= 0.6 is 11.6 Å². The lowest BCUT2D eigenvalue weighted by molar-refractivity contribution is -0.171. The Hall–Kier alpha value is -2.15. The van der Waals surface area contributed by atoms with E-state index in [0.717, 1.165) is 6.07 Å². The van der Waals surface area contributed by atoms with E-state index in [2.05, 4.69) is 16.0 Å². The number of halogens is 5. The first-order valence-corrected chi connectivity index (χ1v) is 12.6. The maximum atomic E-state index is 13.5. The summed E-state index contributed by atoms with van der Waals surface area (Å²) in [5, 5.41) is 19.0. The van der Waals surface area contributed by atoms with Crippen LogP contribution in [0, 0.1) is 5.82 Å². The van der Waals surface area contributed by atoms with Gasteiger partial charge in [0, 0.05) is 11.6 Å². The van der Waals surface area contributed by atoms with E-state index in [0.29, 0.717) is 32.1 Å². The van der Waals surface area contributed by atoms with Crippen LogP contribution in [0.4, 0.5) is 17.6 Å². The summed E-state index contributed by atoms with van der Waals surface area (Å²) in [4.78, 5) is 25.1.